The number of benzene rings is 1. The molecule has 6 N–H and O–H groups in total. The number of carbonyl (C=O) groups is 3. The predicted molar refractivity (Wildman–Crippen MR) is 178 cm³/mol. The number of aromatic amines is 1. The number of hydrogen-bond acceptors (Lipinski definition) is 12. The van der Waals surface area contributed by atoms with Gasteiger partial charge >= 0.3 is 11.7 Å². The van der Waals surface area contributed by atoms with Gasteiger partial charge in [-0.3, -0.25) is 28.7 Å². The SMILES string of the molecule is CCCCCCCCCC(=O)O[C@@H]1[C@H](OC)[C@@H](C(O[C@H]2OC(C(=O)Nc3ccc(F)c(Cl)c3)=C[C@H](O)[C@@H]2O)C(N)=O)O[C@H]1n1ccc(=O)[nH]c1=O. The first kappa shape index (κ1) is 39.7. The number of aromatic nitrogens is 2. The number of methoxy groups -OCH3 is 1. The third kappa shape index (κ3) is 10.2. The van der Waals surface area contributed by atoms with Crippen LogP contribution in [0.15, 0.2) is 51.9 Å². The Morgan fingerprint density at radius 3 is 2.45 bits per heavy atom. The molecule has 1 fully saturated rings. The number of nitrogens with two attached hydrogens (primary N) is 1. The number of rotatable bonds is 17. The van der Waals surface area contributed by atoms with Gasteiger partial charge in [0.15, 0.2) is 24.2 Å². The molecule has 0 aliphatic carbocycles. The van der Waals surface area contributed by atoms with Crippen molar-refractivity contribution in [1.82, 2.24) is 9.55 Å². The van der Waals surface area contributed by atoms with Crippen molar-refractivity contribution in [3.8, 4) is 0 Å². The van der Waals surface area contributed by atoms with E-state index in [1.165, 1.54) is 13.2 Å². The lowest BCUT2D eigenvalue weighted by molar-refractivity contribution is -0.241. The number of H-pyrrole nitrogens is 1. The summed E-state index contributed by atoms with van der Waals surface area (Å²) in [5, 5.41) is 23.3. The summed E-state index contributed by atoms with van der Waals surface area (Å²) in [7, 11) is 1.22. The Hall–Kier alpha value is -4.13. The molecule has 1 aromatic heterocycles. The minimum atomic E-state index is -1.91. The summed E-state index contributed by atoms with van der Waals surface area (Å²) in [6, 6.07) is 4.39. The van der Waals surface area contributed by atoms with Crippen molar-refractivity contribution >= 4 is 35.1 Å². The summed E-state index contributed by atoms with van der Waals surface area (Å²) in [5.41, 5.74) is 4.13. The van der Waals surface area contributed by atoms with Crippen LogP contribution in [-0.4, -0.2) is 87.6 Å². The van der Waals surface area contributed by atoms with Crippen molar-refractivity contribution in [3.05, 3.63) is 74.0 Å². The molecule has 3 heterocycles. The summed E-state index contributed by atoms with van der Waals surface area (Å²) in [6.07, 6.45) is -4.39. The smallest absolute Gasteiger partial charge is 0.330 e. The number of primary amides is 1. The van der Waals surface area contributed by atoms with Crippen molar-refractivity contribution in [2.75, 3.05) is 12.4 Å². The predicted octanol–water partition coefficient (Wildman–Crippen LogP) is 1.77. The Labute approximate surface area is 296 Å². The quantitative estimate of drug-likeness (QED) is 0.115. The fourth-order valence-electron chi connectivity index (χ4n) is 5.69. The van der Waals surface area contributed by atoms with Crippen LogP contribution in [0.1, 0.15) is 64.5 Å². The molecule has 0 saturated carbocycles. The molecular weight excluding hydrogens is 699 g/mol. The zero-order valence-corrected chi connectivity index (χ0v) is 28.8. The third-order valence-corrected chi connectivity index (χ3v) is 8.62. The van der Waals surface area contributed by atoms with Gasteiger partial charge in [0, 0.05) is 31.5 Å². The minimum Gasteiger partial charge on any atom is -0.456 e. The van der Waals surface area contributed by atoms with Gasteiger partial charge in [-0.15, -0.1) is 0 Å². The lowest BCUT2D eigenvalue weighted by Crippen LogP contribution is -2.54. The van der Waals surface area contributed by atoms with Gasteiger partial charge in [-0.05, 0) is 30.7 Å². The molecule has 2 aliphatic rings. The lowest BCUT2D eigenvalue weighted by Gasteiger charge is -2.35. The largest absolute Gasteiger partial charge is 0.456 e. The first-order valence-electron chi connectivity index (χ1n) is 16.5. The summed E-state index contributed by atoms with van der Waals surface area (Å²) >= 11 is 5.78. The second kappa shape index (κ2) is 18.4. The number of nitrogens with one attached hydrogen (secondary N) is 2. The van der Waals surface area contributed by atoms with Gasteiger partial charge in [0.25, 0.3) is 11.5 Å². The van der Waals surface area contributed by atoms with Crippen LogP contribution < -0.4 is 22.3 Å². The molecule has 1 unspecified atom stereocenters. The number of anilines is 1. The second-order valence-corrected chi connectivity index (χ2v) is 12.5. The topological polar surface area (TPSA) is 231 Å². The van der Waals surface area contributed by atoms with Gasteiger partial charge in [0.05, 0.1) is 5.02 Å². The molecule has 18 heteroatoms. The van der Waals surface area contributed by atoms with Gasteiger partial charge < -0.3 is 44.9 Å². The zero-order chi connectivity index (χ0) is 37.2. The Kier molecular flexibility index (Phi) is 14.3. The average Bonchev–Trinajstić information content (AvgIpc) is 3.43. The van der Waals surface area contributed by atoms with E-state index in [-0.39, 0.29) is 17.1 Å². The van der Waals surface area contributed by atoms with Crippen molar-refractivity contribution in [3.63, 3.8) is 0 Å². The van der Waals surface area contributed by atoms with Gasteiger partial charge in [0.1, 0.15) is 30.2 Å². The van der Waals surface area contributed by atoms with E-state index in [4.69, 9.17) is 41.0 Å². The monoisotopic (exact) mass is 740 g/mol. The number of halogens is 2. The van der Waals surface area contributed by atoms with Crippen LogP contribution in [0.3, 0.4) is 0 Å². The number of aliphatic hydroxyl groups excluding tert-OH is 2. The first-order valence-corrected chi connectivity index (χ1v) is 16.9. The van der Waals surface area contributed by atoms with Crippen LogP contribution >= 0.6 is 11.6 Å². The number of carbonyl (C=O) groups excluding carboxylic acids is 3. The number of aliphatic hydroxyl groups is 2. The molecule has 280 valence electrons. The van der Waals surface area contributed by atoms with Gasteiger partial charge in [-0.2, -0.15) is 0 Å². The number of nitrogens with zero attached hydrogens (tertiary/aromatic N) is 1. The summed E-state index contributed by atoms with van der Waals surface area (Å²) < 4.78 is 43.2. The van der Waals surface area contributed by atoms with E-state index in [0.717, 1.165) is 73.6 Å². The summed E-state index contributed by atoms with van der Waals surface area (Å²) in [4.78, 5) is 65.6. The molecular formula is C33H42ClFN4O12. The van der Waals surface area contributed by atoms with E-state index in [0.29, 0.717) is 6.42 Å². The fraction of sp³-hybridized carbons (Fsp3) is 0.545. The summed E-state index contributed by atoms with van der Waals surface area (Å²) in [5.74, 6) is -4.06. The Bertz CT molecular complexity index is 1690. The van der Waals surface area contributed by atoms with Gasteiger partial charge in [0.2, 0.25) is 12.2 Å². The van der Waals surface area contributed by atoms with Crippen LogP contribution in [0.4, 0.5) is 10.1 Å². The van der Waals surface area contributed by atoms with E-state index in [2.05, 4.69) is 17.2 Å². The maximum absolute atomic E-state index is 13.6. The van der Waals surface area contributed by atoms with E-state index in [1.54, 1.807) is 0 Å². The van der Waals surface area contributed by atoms with Crippen LogP contribution in [-0.2, 0) is 38.1 Å². The Balaban J connectivity index is 1.54. The maximum Gasteiger partial charge on any atom is 0.330 e. The Morgan fingerprint density at radius 2 is 1.80 bits per heavy atom. The highest BCUT2D eigenvalue weighted by atomic mass is 35.5. The van der Waals surface area contributed by atoms with Crippen molar-refractivity contribution < 1.29 is 52.7 Å². The zero-order valence-electron chi connectivity index (χ0n) is 28.0. The van der Waals surface area contributed by atoms with Crippen molar-refractivity contribution in [2.24, 2.45) is 5.73 Å². The number of amides is 2. The van der Waals surface area contributed by atoms with Crippen LogP contribution in [0.5, 0.6) is 0 Å². The molecule has 2 aliphatic heterocycles. The Morgan fingerprint density at radius 1 is 1.10 bits per heavy atom. The van der Waals surface area contributed by atoms with Crippen LogP contribution in [0, 0.1) is 5.82 Å². The van der Waals surface area contributed by atoms with Gasteiger partial charge in [-0.25, -0.2) is 9.18 Å². The van der Waals surface area contributed by atoms with E-state index >= 15 is 0 Å². The molecule has 0 spiro atoms. The molecule has 2 amide bonds. The number of hydrogen-bond donors (Lipinski definition) is 5. The van der Waals surface area contributed by atoms with E-state index in [9.17, 15) is 38.6 Å². The van der Waals surface area contributed by atoms with Gasteiger partial charge in [-0.1, -0.05) is 57.0 Å². The highest BCUT2D eigenvalue weighted by Gasteiger charge is 2.54. The van der Waals surface area contributed by atoms with Crippen LogP contribution in [0.25, 0.3) is 0 Å². The number of unbranched alkanes of at least 4 members (excludes halogenated alkanes) is 6. The fourth-order valence-corrected chi connectivity index (χ4v) is 5.88. The standard InChI is InChI=1S/C33H42ClFN4O12/c1-3-4-5-6-7-8-9-10-23(42)49-28-25(47-2)26(50-31(28)39-14-13-22(41)38-33(39)46)27(29(36)44)51-32-24(43)20(40)16-21(48-32)30(45)37-17-11-12-19(35)18(34)15-17/h11-16,20,24-28,31-32,40,43H,3-10H2,1-2H3,(H2,36,44)(H,37,45)(H,38,41,46)/t20-,24-,25+,26-,27?,28+,31+,32+/m0/s1. The highest BCUT2D eigenvalue weighted by Crippen LogP contribution is 2.36. The van der Waals surface area contributed by atoms with Crippen LogP contribution in [0.2, 0.25) is 5.02 Å². The molecule has 8 atom stereocenters. The third-order valence-electron chi connectivity index (χ3n) is 8.33. The van der Waals surface area contributed by atoms with E-state index < -0.39 is 89.8 Å². The first-order chi connectivity index (χ1) is 24.3. The van der Waals surface area contributed by atoms with Crippen molar-refractivity contribution in [2.45, 2.75) is 107 Å². The van der Waals surface area contributed by atoms with E-state index in [1.807, 2.05) is 0 Å². The summed E-state index contributed by atoms with van der Waals surface area (Å²) in [6.45, 7) is 2.12. The van der Waals surface area contributed by atoms with Crippen molar-refractivity contribution in [1.29, 1.82) is 0 Å². The second-order valence-electron chi connectivity index (χ2n) is 12.1. The minimum absolute atomic E-state index is 0.0374. The highest BCUT2D eigenvalue weighted by molar-refractivity contribution is 6.31. The molecule has 2 aromatic rings. The number of ether oxygens (including phenoxy) is 5. The number of esters is 1. The molecule has 51 heavy (non-hydrogen) atoms. The molecule has 1 aromatic carbocycles. The normalized spacial score (nSPS) is 25.1. The molecule has 0 bridgehead atoms. The average molecular weight is 741 g/mol. The molecule has 0 radical (unpaired) electrons. The lowest BCUT2D eigenvalue weighted by atomic mass is 10.0. The molecule has 16 nitrogen and oxygen atoms in total. The molecule has 4 rings (SSSR count). The molecule has 1 saturated heterocycles. The maximum atomic E-state index is 13.6.